The number of urea groups is 1. The lowest BCUT2D eigenvalue weighted by atomic mass is 10.1. The first-order valence-electron chi connectivity index (χ1n) is 11.3. The summed E-state index contributed by atoms with van der Waals surface area (Å²) in [6.07, 6.45) is 4.30. The molecule has 0 aliphatic carbocycles. The SMILES string of the molecule is C/C=C(\N=C(N)CC)c1ccc(NC(=O)Nc2ccc(/C(=C/C)N=C(N)C(C)C)c(Cl)c2)cc1Cl. The quantitative estimate of drug-likeness (QED) is 0.221. The number of nitrogens with zero attached hydrogens (tertiary/aromatic N) is 2. The van der Waals surface area contributed by atoms with E-state index < -0.39 is 6.03 Å². The van der Waals surface area contributed by atoms with Gasteiger partial charge in [-0.3, -0.25) is 0 Å². The molecule has 2 aromatic rings. The van der Waals surface area contributed by atoms with Crippen LogP contribution in [0.15, 0.2) is 58.5 Å². The Bertz CT molecular complexity index is 1200. The maximum atomic E-state index is 12.6. The number of allylic oxidation sites excluding steroid dienone is 2. The van der Waals surface area contributed by atoms with Crippen molar-refractivity contribution in [2.24, 2.45) is 27.4 Å². The van der Waals surface area contributed by atoms with E-state index in [1.807, 2.05) is 46.8 Å². The second-order valence-corrected chi connectivity index (χ2v) is 8.78. The summed E-state index contributed by atoms with van der Waals surface area (Å²) in [5.41, 5.74) is 15.7. The standard InChI is InChI=1S/C26H32Cl2N6O/c1-6-22(33-24(29)8-3)18-11-9-16(13-20(18)27)31-26(35)32-17-10-12-19(21(28)14-17)23(7-2)34-25(30)15(4)5/h6-7,9-15H,8H2,1-5H3,(H2,29,33)(H2,30,34)(H2,31,32,35)/b22-6-,23-7-. The van der Waals surface area contributed by atoms with Crippen LogP contribution in [-0.4, -0.2) is 17.7 Å². The van der Waals surface area contributed by atoms with Gasteiger partial charge in [-0.25, -0.2) is 14.8 Å². The number of anilines is 2. The van der Waals surface area contributed by atoms with Crippen LogP contribution in [0.2, 0.25) is 10.0 Å². The molecule has 0 bridgehead atoms. The van der Waals surface area contributed by atoms with Gasteiger partial charge < -0.3 is 22.1 Å². The molecule has 0 aliphatic rings. The fourth-order valence-corrected chi connectivity index (χ4v) is 3.51. The second kappa shape index (κ2) is 13.0. The van der Waals surface area contributed by atoms with E-state index in [2.05, 4.69) is 20.6 Å². The van der Waals surface area contributed by atoms with Gasteiger partial charge in [0.15, 0.2) is 0 Å². The van der Waals surface area contributed by atoms with E-state index in [-0.39, 0.29) is 5.92 Å². The van der Waals surface area contributed by atoms with Crippen molar-refractivity contribution in [3.8, 4) is 0 Å². The first-order valence-corrected chi connectivity index (χ1v) is 12.0. The van der Waals surface area contributed by atoms with Gasteiger partial charge in [0.2, 0.25) is 0 Å². The lowest BCUT2D eigenvalue weighted by Gasteiger charge is -2.12. The predicted octanol–water partition coefficient (Wildman–Crippen LogP) is 7.14. The lowest BCUT2D eigenvalue weighted by Crippen LogP contribution is -2.19. The van der Waals surface area contributed by atoms with Gasteiger partial charge in [-0.1, -0.05) is 56.1 Å². The Kier molecular flexibility index (Phi) is 10.4. The van der Waals surface area contributed by atoms with E-state index in [0.717, 1.165) is 11.1 Å². The first kappa shape index (κ1) is 28.0. The van der Waals surface area contributed by atoms with Crippen molar-refractivity contribution in [2.75, 3.05) is 10.6 Å². The highest BCUT2D eigenvalue weighted by atomic mass is 35.5. The van der Waals surface area contributed by atoms with Crippen molar-refractivity contribution in [3.05, 3.63) is 69.7 Å². The van der Waals surface area contributed by atoms with Crippen LogP contribution in [0.25, 0.3) is 11.4 Å². The van der Waals surface area contributed by atoms with E-state index in [1.54, 1.807) is 36.4 Å². The Morgan fingerprint density at radius 3 is 1.74 bits per heavy atom. The molecule has 0 radical (unpaired) electrons. The van der Waals surface area contributed by atoms with Gasteiger partial charge in [0, 0.05) is 34.8 Å². The van der Waals surface area contributed by atoms with Crippen molar-refractivity contribution in [1.82, 2.24) is 0 Å². The molecule has 0 fully saturated rings. The monoisotopic (exact) mass is 514 g/mol. The van der Waals surface area contributed by atoms with Gasteiger partial charge >= 0.3 is 6.03 Å². The summed E-state index contributed by atoms with van der Waals surface area (Å²) in [6.45, 7) is 9.59. The zero-order valence-electron chi connectivity index (χ0n) is 20.6. The molecule has 2 aromatic carbocycles. The van der Waals surface area contributed by atoms with Crippen molar-refractivity contribution in [3.63, 3.8) is 0 Å². The molecule has 0 aliphatic heterocycles. The van der Waals surface area contributed by atoms with Crippen molar-refractivity contribution in [2.45, 2.75) is 41.0 Å². The number of aliphatic imine (C=N–C) groups is 2. The molecule has 35 heavy (non-hydrogen) atoms. The predicted molar refractivity (Wildman–Crippen MR) is 151 cm³/mol. The van der Waals surface area contributed by atoms with Crippen LogP contribution in [0, 0.1) is 5.92 Å². The molecular weight excluding hydrogens is 483 g/mol. The fraction of sp³-hybridized carbons (Fsp3) is 0.269. The van der Waals surface area contributed by atoms with E-state index in [4.69, 9.17) is 34.7 Å². The fourth-order valence-electron chi connectivity index (χ4n) is 2.96. The van der Waals surface area contributed by atoms with E-state index in [0.29, 0.717) is 50.9 Å². The highest BCUT2D eigenvalue weighted by Crippen LogP contribution is 2.30. The van der Waals surface area contributed by atoms with Crippen molar-refractivity contribution in [1.29, 1.82) is 0 Å². The zero-order valence-corrected chi connectivity index (χ0v) is 22.1. The van der Waals surface area contributed by atoms with Crippen LogP contribution >= 0.6 is 23.2 Å². The number of halogens is 2. The number of hydrogen-bond donors (Lipinski definition) is 4. The number of carbonyl (C=O) groups excluding carboxylic acids is 1. The lowest BCUT2D eigenvalue weighted by molar-refractivity contribution is 0.262. The molecule has 0 heterocycles. The summed E-state index contributed by atoms with van der Waals surface area (Å²) in [4.78, 5) is 21.4. The largest absolute Gasteiger partial charge is 0.387 e. The Labute approximate surface area is 217 Å². The van der Waals surface area contributed by atoms with Crippen LogP contribution in [-0.2, 0) is 0 Å². The van der Waals surface area contributed by atoms with Crippen LogP contribution in [0.5, 0.6) is 0 Å². The summed E-state index contributed by atoms with van der Waals surface area (Å²) in [6, 6.07) is 9.94. The molecule has 7 nitrogen and oxygen atoms in total. The van der Waals surface area contributed by atoms with E-state index >= 15 is 0 Å². The molecule has 9 heteroatoms. The van der Waals surface area contributed by atoms with Gasteiger partial charge in [-0.05, 0) is 50.2 Å². The Morgan fingerprint density at radius 1 is 0.914 bits per heavy atom. The molecular formula is C26H32Cl2N6O. The second-order valence-electron chi connectivity index (χ2n) is 7.96. The molecule has 0 aromatic heterocycles. The van der Waals surface area contributed by atoms with Gasteiger partial charge in [0.1, 0.15) is 5.84 Å². The topological polar surface area (TPSA) is 118 Å². The van der Waals surface area contributed by atoms with Crippen molar-refractivity contribution < 1.29 is 4.79 Å². The third kappa shape index (κ3) is 7.87. The van der Waals surface area contributed by atoms with E-state index in [9.17, 15) is 4.79 Å². The summed E-state index contributed by atoms with van der Waals surface area (Å²) in [5.74, 6) is 1.14. The highest BCUT2D eigenvalue weighted by Gasteiger charge is 2.12. The number of carbonyl (C=O) groups is 1. The molecule has 6 N–H and O–H groups in total. The average Bonchev–Trinajstić information content (AvgIpc) is 2.81. The number of amidine groups is 2. The third-order valence-corrected chi connectivity index (χ3v) is 5.65. The van der Waals surface area contributed by atoms with Gasteiger partial charge in [-0.2, -0.15) is 0 Å². The minimum absolute atomic E-state index is 0.114. The van der Waals surface area contributed by atoms with E-state index in [1.165, 1.54) is 0 Å². The summed E-state index contributed by atoms with van der Waals surface area (Å²) in [7, 11) is 0. The number of hydrogen-bond acceptors (Lipinski definition) is 3. The number of benzene rings is 2. The maximum Gasteiger partial charge on any atom is 0.323 e. The molecule has 0 saturated heterocycles. The number of nitrogens with two attached hydrogens (primary N) is 2. The minimum atomic E-state index is -0.439. The molecule has 0 saturated carbocycles. The summed E-state index contributed by atoms with van der Waals surface area (Å²) < 4.78 is 0. The molecule has 0 spiro atoms. The summed E-state index contributed by atoms with van der Waals surface area (Å²) in [5, 5.41) is 6.42. The molecule has 2 rings (SSSR count). The molecule has 2 amide bonds. The van der Waals surface area contributed by atoms with Gasteiger partial charge in [0.25, 0.3) is 0 Å². The van der Waals surface area contributed by atoms with Crippen LogP contribution in [0.3, 0.4) is 0 Å². The average molecular weight is 515 g/mol. The van der Waals surface area contributed by atoms with Crippen LogP contribution in [0.1, 0.15) is 52.2 Å². The normalized spacial score (nSPS) is 13.3. The van der Waals surface area contributed by atoms with Crippen LogP contribution in [0.4, 0.5) is 16.2 Å². The molecule has 0 atom stereocenters. The Morgan fingerprint density at radius 2 is 1.37 bits per heavy atom. The minimum Gasteiger partial charge on any atom is -0.387 e. The Balaban J connectivity index is 2.15. The summed E-state index contributed by atoms with van der Waals surface area (Å²) >= 11 is 12.9. The van der Waals surface area contributed by atoms with Crippen LogP contribution < -0.4 is 22.1 Å². The maximum absolute atomic E-state index is 12.6. The highest BCUT2D eigenvalue weighted by molar-refractivity contribution is 6.33. The molecule has 186 valence electrons. The first-order chi connectivity index (χ1) is 16.6. The third-order valence-electron chi connectivity index (χ3n) is 5.02. The zero-order chi connectivity index (χ0) is 26.1. The number of nitrogens with one attached hydrogen (secondary N) is 2. The number of rotatable bonds is 8. The smallest absolute Gasteiger partial charge is 0.323 e. The Hall–Kier alpha value is -3.29. The van der Waals surface area contributed by atoms with Gasteiger partial charge in [0.05, 0.1) is 27.3 Å². The molecule has 0 unspecified atom stereocenters. The van der Waals surface area contributed by atoms with Crippen molar-refractivity contribution >= 4 is 63.7 Å². The van der Waals surface area contributed by atoms with Gasteiger partial charge in [-0.15, -0.1) is 0 Å². The number of amides is 2.